The maximum absolute atomic E-state index is 13.1. The molecule has 5 rings (SSSR count). The van der Waals surface area contributed by atoms with Gasteiger partial charge in [0, 0.05) is 31.5 Å². The first-order valence-electron chi connectivity index (χ1n) is 11.2. The highest BCUT2D eigenvalue weighted by atomic mass is 35.5. The number of amidine groups is 1. The number of Topliss-reactive ketones (excluding diaryl/α,β-unsaturated/α-hetero) is 1. The fraction of sp³-hybridized carbons (Fsp3) is 0.192. The highest BCUT2D eigenvalue weighted by Gasteiger charge is 2.55. The molecule has 2 aromatic rings. The molecule has 10 heteroatoms. The lowest BCUT2D eigenvalue weighted by atomic mass is 9.71. The van der Waals surface area contributed by atoms with Gasteiger partial charge in [0.05, 0.1) is 20.6 Å². The van der Waals surface area contributed by atoms with Crippen LogP contribution < -0.4 is 5.32 Å². The number of carbonyl (C=O) groups excluding carboxylic acids is 1. The van der Waals surface area contributed by atoms with Crippen molar-refractivity contribution in [1.82, 2.24) is 4.90 Å². The summed E-state index contributed by atoms with van der Waals surface area (Å²) in [4.78, 5) is 24.3. The predicted octanol–water partition coefficient (Wildman–Crippen LogP) is 5.41. The molecule has 2 heterocycles. The van der Waals surface area contributed by atoms with E-state index >= 15 is 0 Å². The van der Waals surface area contributed by atoms with Crippen molar-refractivity contribution in [3.63, 3.8) is 0 Å². The Bertz CT molecular complexity index is 1520. The van der Waals surface area contributed by atoms with Crippen molar-refractivity contribution < 1.29 is 13.2 Å². The van der Waals surface area contributed by atoms with Crippen molar-refractivity contribution in [2.75, 3.05) is 12.4 Å². The van der Waals surface area contributed by atoms with Crippen LogP contribution in [0.3, 0.4) is 0 Å². The molecule has 1 atom stereocenters. The number of halogens is 2. The Morgan fingerprint density at radius 1 is 1.08 bits per heavy atom. The van der Waals surface area contributed by atoms with Crippen molar-refractivity contribution in [3.05, 3.63) is 93.0 Å². The van der Waals surface area contributed by atoms with E-state index in [1.165, 1.54) is 18.2 Å². The number of guanidine groups is 1. The Morgan fingerprint density at radius 3 is 2.47 bits per heavy atom. The largest absolute Gasteiger partial charge is 0.328 e. The summed E-state index contributed by atoms with van der Waals surface area (Å²) in [6.07, 6.45) is 3.49. The Hall–Kier alpha value is -3.20. The van der Waals surface area contributed by atoms with Crippen molar-refractivity contribution in [2.24, 2.45) is 9.98 Å². The minimum atomic E-state index is -3.69. The molecule has 0 aromatic heterocycles. The topological polar surface area (TPSA) is 91.2 Å². The molecule has 0 amide bonds. The smallest absolute Gasteiger partial charge is 0.205 e. The summed E-state index contributed by atoms with van der Waals surface area (Å²) in [6, 6.07) is 13.3. The summed E-state index contributed by atoms with van der Waals surface area (Å²) >= 11 is 12.7. The van der Waals surface area contributed by atoms with Gasteiger partial charge in [-0.25, -0.2) is 13.4 Å². The predicted molar refractivity (Wildman–Crippen MR) is 143 cm³/mol. The zero-order valence-electron chi connectivity index (χ0n) is 19.5. The molecule has 184 valence electrons. The van der Waals surface area contributed by atoms with Gasteiger partial charge in [-0.05, 0) is 54.0 Å². The molecule has 2 aromatic carbocycles. The number of hydrogen-bond donors (Lipinski definition) is 1. The molecule has 0 fully saturated rings. The lowest BCUT2D eigenvalue weighted by Crippen LogP contribution is -2.56. The summed E-state index contributed by atoms with van der Waals surface area (Å²) in [5, 5.41) is 5.20. The third-order valence-corrected chi connectivity index (χ3v) is 8.60. The molecule has 0 saturated heterocycles. The first kappa shape index (κ1) is 24.5. The molecule has 1 N–H and O–H groups in total. The minimum absolute atomic E-state index is 0.0445. The summed E-state index contributed by atoms with van der Waals surface area (Å²) in [6.45, 7) is 1.90. The molecular formula is C26H22Cl2N4O3S. The minimum Gasteiger partial charge on any atom is -0.328 e. The molecule has 0 saturated carbocycles. The van der Waals surface area contributed by atoms with Crippen LogP contribution in [0.1, 0.15) is 19.8 Å². The third kappa shape index (κ3) is 3.99. The Labute approximate surface area is 219 Å². The van der Waals surface area contributed by atoms with Crippen LogP contribution in [0.25, 0.3) is 0 Å². The maximum atomic E-state index is 13.1. The zero-order chi connectivity index (χ0) is 25.7. The number of nitrogens with zero attached hydrogens (tertiary/aromatic N) is 3. The van der Waals surface area contributed by atoms with Crippen molar-refractivity contribution in [3.8, 4) is 0 Å². The highest BCUT2D eigenvalue weighted by molar-refractivity contribution is 7.94. The number of likely N-dealkylation sites (N-methyl/N-ethyl adjacent to an activating group) is 1. The molecule has 3 aliphatic rings. The highest BCUT2D eigenvalue weighted by Crippen LogP contribution is 2.47. The van der Waals surface area contributed by atoms with E-state index in [1.807, 2.05) is 18.9 Å². The van der Waals surface area contributed by atoms with E-state index in [2.05, 4.69) is 10.3 Å². The normalized spacial score (nSPS) is 21.7. The number of ketones is 1. The van der Waals surface area contributed by atoms with Crippen molar-refractivity contribution >= 4 is 56.3 Å². The number of allylic oxidation sites excluding steroid dienone is 2. The van der Waals surface area contributed by atoms with Crippen LogP contribution >= 0.6 is 23.2 Å². The van der Waals surface area contributed by atoms with Crippen LogP contribution in [0.4, 0.5) is 5.69 Å². The molecule has 1 spiro atoms. The lowest BCUT2D eigenvalue weighted by molar-refractivity contribution is -0.119. The number of aliphatic imine (C=N–C) groups is 2. The molecule has 1 unspecified atom stereocenters. The van der Waals surface area contributed by atoms with Gasteiger partial charge in [0.1, 0.15) is 11.3 Å². The second-order valence-corrected chi connectivity index (χ2v) is 11.4. The van der Waals surface area contributed by atoms with E-state index in [0.29, 0.717) is 33.1 Å². The SMILES string of the molecule is CC1=CN=C2N=C(Nc3c(Cl)cccc3Cl)N(C)C23CC(=O)CC(/C=C/S(=O)(=O)c2ccccc2)=C13. The summed E-state index contributed by atoms with van der Waals surface area (Å²) in [5.41, 5.74) is 1.79. The summed E-state index contributed by atoms with van der Waals surface area (Å²) < 4.78 is 25.8. The van der Waals surface area contributed by atoms with Crippen LogP contribution in [0, 0.1) is 0 Å². The summed E-state index contributed by atoms with van der Waals surface area (Å²) in [5.74, 6) is 0.831. The van der Waals surface area contributed by atoms with Gasteiger partial charge in [-0.2, -0.15) is 4.99 Å². The average Bonchev–Trinajstić information content (AvgIpc) is 3.10. The Kier molecular flexibility index (Phi) is 6.14. The van der Waals surface area contributed by atoms with Crippen LogP contribution in [-0.4, -0.2) is 43.5 Å². The number of hydrogen-bond acceptors (Lipinski definition) is 7. The van der Waals surface area contributed by atoms with E-state index in [-0.39, 0.29) is 23.5 Å². The molecule has 7 nitrogen and oxygen atoms in total. The lowest BCUT2D eigenvalue weighted by Gasteiger charge is -2.44. The van der Waals surface area contributed by atoms with Gasteiger partial charge >= 0.3 is 0 Å². The molecular weight excluding hydrogens is 519 g/mol. The van der Waals surface area contributed by atoms with Gasteiger partial charge in [0.15, 0.2) is 15.7 Å². The summed E-state index contributed by atoms with van der Waals surface area (Å²) in [7, 11) is -1.87. The molecule has 2 aliphatic heterocycles. The van der Waals surface area contributed by atoms with Crippen LogP contribution in [0.2, 0.25) is 10.0 Å². The number of nitrogens with one attached hydrogen (secondary N) is 1. The molecule has 0 bridgehead atoms. The zero-order valence-corrected chi connectivity index (χ0v) is 21.8. The first-order valence-corrected chi connectivity index (χ1v) is 13.5. The number of anilines is 1. The first-order chi connectivity index (χ1) is 17.1. The number of rotatable bonds is 4. The van der Waals surface area contributed by atoms with Crippen LogP contribution in [-0.2, 0) is 14.6 Å². The number of sulfone groups is 1. The standard InChI is InChI=1S/C26H22Cl2N4O3S/c1-16-15-29-24-26(32(2)25(31-24)30-23-20(27)9-6-10-21(23)28)14-18(33)13-17(22(16)26)11-12-36(34,35)19-7-4-3-5-8-19/h3-12,15H,13-14H2,1-2H3,(H,29,30,31)/b12-11+. The van der Waals surface area contributed by atoms with Crippen molar-refractivity contribution in [2.45, 2.75) is 30.2 Å². The van der Waals surface area contributed by atoms with Gasteiger partial charge in [0.2, 0.25) is 5.96 Å². The van der Waals surface area contributed by atoms with E-state index in [0.717, 1.165) is 16.6 Å². The van der Waals surface area contributed by atoms with E-state index in [9.17, 15) is 13.2 Å². The quantitative estimate of drug-likeness (QED) is 0.559. The Balaban J connectivity index is 1.59. The monoisotopic (exact) mass is 540 g/mol. The van der Waals surface area contributed by atoms with Crippen molar-refractivity contribution in [1.29, 1.82) is 0 Å². The second kappa shape index (κ2) is 9.03. The number of carbonyl (C=O) groups is 1. The van der Waals surface area contributed by atoms with Gasteiger partial charge in [0.25, 0.3) is 0 Å². The Morgan fingerprint density at radius 2 is 1.78 bits per heavy atom. The number of para-hydroxylation sites is 1. The van der Waals surface area contributed by atoms with Crippen LogP contribution in [0.5, 0.6) is 0 Å². The maximum Gasteiger partial charge on any atom is 0.205 e. The fourth-order valence-electron chi connectivity index (χ4n) is 4.86. The third-order valence-electron chi connectivity index (χ3n) is 6.54. The van der Waals surface area contributed by atoms with Gasteiger partial charge < -0.3 is 10.2 Å². The van der Waals surface area contributed by atoms with Gasteiger partial charge in [-0.15, -0.1) is 0 Å². The van der Waals surface area contributed by atoms with Gasteiger partial charge in [-0.3, -0.25) is 4.79 Å². The molecule has 36 heavy (non-hydrogen) atoms. The average molecular weight is 541 g/mol. The second-order valence-electron chi connectivity index (χ2n) is 8.79. The fourth-order valence-corrected chi connectivity index (χ4v) is 6.39. The molecule has 1 aliphatic carbocycles. The van der Waals surface area contributed by atoms with E-state index in [1.54, 1.807) is 42.6 Å². The number of benzene rings is 2. The van der Waals surface area contributed by atoms with E-state index in [4.69, 9.17) is 28.2 Å². The van der Waals surface area contributed by atoms with E-state index < -0.39 is 15.4 Å². The molecule has 0 radical (unpaired) electrons. The van der Waals surface area contributed by atoms with Gasteiger partial charge in [-0.1, -0.05) is 47.5 Å². The van der Waals surface area contributed by atoms with Crippen LogP contribution in [0.15, 0.2) is 97.8 Å².